The largest absolute Gasteiger partial charge is 0.480 e. The minimum Gasteiger partial charge on any atom is -0.480 e. The maximum Gasteiger partial charge on any atom is 0.328 e. The summed E-state index contributed by atoms with van der Waals surface area (Å²) in [6, 6.07) is 1.75. The number of hydrogen-bond acceptors (Lipinski definition) is 3. The summed E-state index contributed by atoms with van der Waals surface area (Å²) in [5, 5.41) is 13.8. The molecule has 0 aliphatic heterocycles. The van der Waals surface area contributed by atoms with Crippen molar-refractivity contribution in [1.29, 1.82) is 0 Å². The zero-order chi connectivity index (χ0) is 15.3. The fraction of sp³-hybridized carbons (Fsp3) is 0.273. The molecule has 110 valence electrons. The fourth-order valence-electron chi connectivity index (χ4n) is 1.31. The quantitative estimate of drug-likeness (QED) is 0.611. The molecule has 0 saturated carbocycles. The molecular weight excluding hydrogens is 464 g/mol. The van der Waals surface area contributed by atoms with E-state index < -0.39 is 18.0 Å². The second kappa shape index (κ2) is 7.96. The van der Waals surface area contributed by atoms with E-state index in [0.29, 0.717) is 14.6 Å². The molecule has 0 fully saturated rings. The lowest BCUT2D eigenvalue weighted by Crippen LogP contribution is -2.45. The van der Waals surface area contributed by atoms with E-state index in [9.17, 15) is 9.59 Å². The van der Waals surface area contributed by atoms with Gasteiger partial charge in [0.1, 0.15) is 0 Å². The number of ether oxygens (including phenoxy) is 1. The Morgan fingerprint density at radius 2 is 1.85 bits per heavy atom. The first-order valence-corrected chi connectivity index (χ1v) is 7.67. The highest BCUT2D eigenvalue weighted by Crippen LogP contribution is 2.34. The third kappa shape index (κ3) is 5.04. The number of carbonyl (C=O) groups is 2. The normalized spacial score (nSPS) is 11.8. The summed E-state index contributed by atoms with van der Waals surface area (Å²) in [5.74, 6) is -1.17. The van der Waals surface area contributed by atoms with Crippen molar-refractivity contribution in [2.24, 2.45) is 0 Å². The van der Waals surface area contributed by atoms with Gasteiger partial charge in [0, 0.05) is 20.5 Å². The molecule has 0 radical (unpaired) electrons. The molecule has 0 heterocycles. The van der Waals surface area contributed by atoms with Crippen LogP contribution in [0.4, 0.5) is 10.5 Å². The summed E-state index contributed by atoms with van der Waals surface area (Å²) >= 11 is 9.93. The highest BCUT2D eigenvalue weighted by molar-refractivity contribution is 9.11. The second-order valence-electron chi connectivity index (χ2n) is 3.69. The highest BCUT2D eigenvalue weighted by Gasteiger charge is 2.20. The molecule has 0 bridgehead atoms. The van der Waals surface area contributed by atoms with Crippen LogP contribution >= 0.6 is 47.8 Å². The van der Waals surface area contributed by atoms with E-state index in [2.05, 4.69) is 58.4 Å². The van der Waals surface area contributed by atoms with E-state index in [1.54, 1.807) is 12.1 Å². The Hall–Kier alpha value is -0.640. The lowest BCUT2D eigenvalue weighted by atomic mass is 10.3. The van der Waals surface area contributed by atoms with E-state index in [1.165, 1.54) is 7.11 Å². The van der Waals surface area contributed by atoms with Gasteiger partial charge < -0.3 is 20.5 Å². The number of methoxy groups -OCH3 is 1. The van der Waals surface area contributed by atoms with E-state index in [0.717, 1.165) is 4.47 Å². The number of nitrogens with one attached hydrogen (secondary N) is 2. The summed E-state index contributed by atoms with van der Waals surface area (Å²) in [5.41, 5.74) is 0.493. The number of anilines is 1. The number of amides is 2. The average molecular weight is 475 g/mol. The average Bonchev–Trinajstić information content (AvgIpc) is 2.33. The summed E-state index contributed by atoms with van der Waals surface area (Å²) in [6.45, 7) is -0.120. The van der Waals surface area contributed by atoms with Crippen LogP contribution in [-0.4, -0.2) is 36.9 Å². The van der Waals surface area contributed by atoms with Crippen LogP contribution in [0.15, 0.2) is 25.6 Å². The van der Waals surface area contributed by atoms with Gasteiger partial charge in [-0.3, -0.25) is 0 Å². The van der Waals surface area contributed by atoms with Gasteiger partial charge in [0.15, 0.2) is 6.04 Å². The Morgan fingerprint density at radius 1 is 1.30 bits per heavy atom. The molecule has 1 rings (SSSR count). The zero-order valence-corrected chi connectivity index (χ0v) is 15.0. The van der Waals surface area contributed by atoms with Crippen LogP contribution in [0.3, 0.4) is 0 Å². The van der Waals surface area contributed by atoms with Gasteiger partial charge in [-0.15, -0.1) is 0 Å². The lowest BCUT2D eigenvalue weighted by Gasteiger charge is -2.15. The minimum absolute atomic E-state index is 0.120. The second-order valence-corrected chi connectivity index (χ2v) is 6.31. The van der Waals surface area contributed by atoms with Crippen molar-refractivity contribution in [3.63, 3.8) is 0 Å². The molecule has 0 aliphatic carbocycles. The van der Waals surface area contributed by atoms with Crippen LogP contribution in [0.2, 0.25) is 0 Å². The Bertz CT molecular complexity index is 501. The van der Waals surface area contributed by atoms with Crippen molar-refractivity contribution in [2.75, 3.05) is 19.0 Å². The van der Waals surface area contributed by atoms with Crippen LogP contribution in [0, 0.1) is 0 Å². The van der Waals surface area contributed by atoms with Crippen molar-refractivity contribution in [2.45, 2.75) is 6.04 Å². The van der Waals surface area contributed by atoms with Gasteiger partial charge in [0.2, 0.25) is 0 Å². The van der Waals surface area contributed by atoms with Crippen molar-refractivity contribution in [1.82, 2.24) is 5.32 Å². The lowest BCUT2D eigenvalue weighted by molar-refractivity contribution is -0.140. The number of benzene rings is 1. The number of carbonyl (C=O) groups excluding carboxylic acids is 1. The van der Waals surface area contributed by atoms with Gasteiger partial charge in [-0.1, -0.05) is 15.9 Å². The SMILES string of the molecule is COCC(NC(=O)Nc1c(Br)cc(Br)cc1Br)C(=O)O. The Morgan fingerprint density at radius 3 is 2.30 bits per heavy atom. The Balaban J connectivity index is 2.78. The van der Waals surface area contributed by atoms with Gasteiger partial charge in [-0.05, 0) is 44.0 Å². The minimum atomic E-state index is -1.17. The van der Waals surface area contributed by atoms with Crippen LogP contribution < -0.4 is 10.6 Å². The number of urea groups is 1. The maximum absolute atomic E-state index is 11.8. The molecule has 1 unspecified atom stereocenters. The van der Waals surface area contributed by atoms with E-state index in [4.69, 9.17) is 9.84 Å². The van der Waals surface area contributed by atoms with Crippen LogP contribution in [0.25, 0.3) is 0 Å². The Labute approximate surface area is 140 Å². The monoisotopic (exact) mass is 472 g/mol. The van der Waals surface area contributed by atoms with Crippen LogP contribution in [0.1, 0.15) is 0 Å². The zero-order valence-electron chi connectivity index (χ0n) is 10.2. The van der Waals surface area contributed by atoms with Crippen LogP contribution in [0.5, 0.6) is 0 Å². The molecular formula is C11H11Br3N2O4. The number of halogens is 3. The van der Waals surface area contributed by atoms with Gasteiger partial charge in [-0.2, -0.15) is 0 Å². The van der Waals surface area contributed by atoms with Gasteiger partial charge in [0.05, 0.1) is 12.3 Å². The van der Waals surface area contributed by atoms with Gasteiger partial charge >= 0.3 is 12.0 Å². The maximum atomic E-state index is 11.8. The summed E-state index contributed by atoms with van der Waals surface area (Å²) in [4.78, 5) is 22.7. The molecule has 1 aromatic carbocycles. The fourth-order valence-corrected chi connectivity index (χ4v) is 3.77. The van der Waals surface area contributed by atoms with Crippen molar-refractivity contribution in [3.05, 3.63) is 25.6 Å². The molecule has 0 saturated heterocycles. The first-order chi connectivity index (χ1) is 9.35. The highest BCUT2D eigenvalue weighted by atomic mass is 79.9. The topological polar surface area (TPSA) is 87.7 Å². The first-order valence-electron chi connectivity index (χ1n) is 5.29. The number of aliphatic carboxylic acids is 1. The molecule has 3 N–H and O–H groups in total. The van der Waals surface area contributed by atoms with Crippen molar-refractivity contribution < 1.29 is 19.4 Å². The van der Waals surface area contributed by atoms with Crippen LogP contribution in [-0.2, 0) is 9.53 Å². The molecule has 1 atom stereocenters. The molecule has 2 amide bonds. The smallest absolute Gasteiger partial charge is 0.328 e. The molecule has 0 aromatic heterocycles. The summed E-state index contributed by atoms with van der Waals surface area (Å²) in [7, 11) is 1.36. The summed E-state index contributed by atoms with van der Waals surface area (Å²) < 4.78 is 6.85. The van der Waals surface area contributed by atoms with E-state index in [1.807, 2.05) is 0 Å². The van der Waals surface area contributed by atoms with Crippen molar-refractivity contribution in [3.8, 4) is 0 Å². The van der Waals surface area contributed by atoms with E-state index in [-0.39, 0.29) is 6.61 Å². The number of hydrogen-bond donors (Lipinski definition) is 3. The van der Waals surface area contributed by atoms with E-state index >= 15 is 0 Å². The number of rotatable bonds is 5. The summed E-state index contributed by atoms with van der Waals surface area (Å²) in [6.07, 6.45) is 0. The molecule has 20 heavy (non-hydrogen) atoms. The van der Waals surface area contributed by atoms with Gasteiger partial charge in [0.25, 0.3) is 0 Å². The predicted octanol–water partition coefficient (Wildman–Crippen LogP) is 3.20. The predicted molar refractivity (Wildman–Crippen MR) is 85.0 cm³/mol. The number of carboxylic acids is 1. The third-order valence-electron chi connectivity index (χ3n) is 2.18. The Kier molecular flexibility index (Phi) is 6.93. The molecule has 6 nitrogen and oxygen atoms in total. The third-order valence-corrected chi connectivity index (χ3v) is 3.89. The molecule has 9 heteroatoms. The molecule has 0 aliphatic rings. The number of carboxylic acid groups (broad SMARTS) is 1. The molecule has 0 spiro atoms. The van der Waals surface area contributed by atoms with Gasteiger partial charge in [-0.25, -0.2) is 9.59 Å². The molecule has 1 aromatic rings. The standard InChI is InChI=1S/C11H11Br3N2O4/c1-20-4-8(10(17)18)15-11(19)16-9-6(13)2-5(12)3-7(9)14/h2-3,8H,4H2,1H3,(H,17,18)(H2,15,16,19). The van der Waals surface area contributed by atoms with Crippen molar-refractivity contribution >= 4 is 65.5 Å². The first kappa shape index (κ1) is 17.4.